The number of carboxylic acid groups (broad SMARTS) is 1. The summed E-state index contributed by atoms with van der Waals surface area (Å²) in [7, 11) is 1.54. The fraction of sp³-hybridized carbons (Fsp3) is 0.154. The van der Waals surface area contributed by atoms with Gasteiger partial charge in [0.2, 0.25) is 0 Å². The highest BCUT2D eigenvalue weighted by Gasteiger charge is 2.22. The zero-order valence-electron chi connectivity index (χ0n) is 10.9. The minimum Gasteiger partial charge on any atom is -0.477 e. The molecule has 2 aromatic rings. The Bertz CT molecular complexity index is 679. The van der Waals surface area contributed by atoms with Crippen LogP contribution in [-0.4, -0.2) is 38.9 Å². The molecular formula is C13H11Cl2N3O3. The molecule has 6 nitrogen and oxygen atoms in total. The molecule has 1 aromatic heterocycles. The van der Waals surface area contributed by atoms with Gasteiger partial charge in [0.05, 0.1) is 6.33 Å². The van der Waals surface area contributed by atoms with Crippen molar-refractivity contribution in [1.82, 2.24) is 14.9 Å². The quantitative estimate of drug-likeness (QED) is 0.903. The monoisotopic (exact) mass is 327 g/mol. The molecule has 0 atom stereocenters. The fourth-order valence-corrected chi connectivity index (χ4v) is 2.42. The number of H-pyrrole nitrogens is 1. The van der Waals surface area contributed by atoms with E-state index in [0.717, 1.165) is 5.56 Å². The largest absolute Gasteiger partial charge is 0.477 e. The van der Waals surface area contributed by atoms with Crippen LogP contribution >= 0.6 is 23.2 Å². The number of nitrogens with one attached hydrogen (secondary N) is 1. The van der Waals surface area contributed by atoms with Crippen LogP contribution in [0.25, 0.3) is 0 Å². The third-order valence-corrected chi connectivity index (χ3v) is 3.18. The number of carbonyl (C=O) groups excluding carboxylic acids is 1. The third-order valence-electron chi connectivity index (χ3n) is 2.74. The molecule has 0 radical (unpaired) electrons. The first-order valence-electron chi connectivity index (χ1n) is 5.85. The second-order valence-electron chi connectivity index (χ2n) is 4.37. The van der Waals surface area contributed by atoms with Gasteiger partial charge in [-0.2, -0.15) is 0 Å². The lowest BCUT2D eigenvalue weighted by Gasteiger charge is -2.16. The number of hydrogen-bond acceptors (Lipinski definition) is 3. The number of rotatable bonds is 4. The van der Waals surface area contributed by atoms with Crippen molar-refractivity contribution in [2.24, 2.45) is 0 Å². The van der Waals surface area contributed by atoms with E-state index in [0.29, 0.717) is 10.0 Å². The van der Waals surface area contributed by atoms with Crippen molar-refractivity contribution in [3.05, 3.63) is 51.5 Å². The van der Waals surface area contributed by atoms with E-state index in [1.807, 2.05) is 0 Å². The first-order valence-corrected chi connectivity index (χ1v) is 6.61. The summed E-state index contributed by atoms with van der Waals surface area (Å²) in [5.41, 5.74) is 0.352. The van der Waals surface area contributed by atoms with E-state index in [1.54, 1.807) is 18.2 Å². The number of carboxylic acids is 1. The van der Waals surface area contributed by atoms with E-state index in [2.05, 4.69) is 9.97 Å². The molecule has 0 fully saturated rings. The van der Waals surface area contributed by atoms with Gasteiger partial charge in [-0.1, -0.05) is 23.2 Å². The van der Waals surface area contributed by atoms with Gasteiger partial charge in [0.25, 0.3) is 5.91 Å². The molecule has 0 unspecified atom stereocenters. The van der Waals surface area contributed by atoms with Gasteiger partial charge in [-0.3, -0.25) is 4.79 Å². The van der Waals surface area contributed by atoms with Crippen molar-refractivity contribution in [3.8, 4) is 0 Å². The number of aromatic amines is 1. The molecule has 0 aliphatic carbocycles. The van der Waals surface area contributed by atoms with Crippen LogP contribution in [0.1, 0.15) is 26.5 Å². The van der Waals surface area contributed by atoms with Crippen LogP contribution in [0.2, 0.25) is 10.0 Å². The number of carbonyl (C=O) groups is 2. The Morgan fingerprint density at radius 2 is 1.90 bits per heavy atom. The van der Waals surface area contributed by atoms with E-state index in [1.165, 1.54) is 18.3 Å². The summed E-state index contributed by atoms with van der Waals surface area (Å²) in [5, 5.41) is 9.90. The predicted octanol–water partition coefficient (Wildman–Crippen LogP) is 2.69. The molecule has 1 aromatic carbocycles. The smallest absolute Gasteiger partial charge is 0.354 e. The molecule has 1 heterocycles. The van der Waals surface area contributed by atoms with Crippen LogP contribution < -0.4 is 0 Å². The number of halogens is 2. The van der Waals surface area contributed by atoms with Crippen LogP contribution in [0.4, 0.5) is 0 Å². The Morgan fingerprint density at radius 1 is 1.29 bits per heavy atom. The summed E-state index contributed by atoms with van der Waals surface area (Å²) >= 11 is 11.8. The highest BCUT2D eigenvalue weighted by molar-refractivity contribution is 6.34. The normalized spacial score (nSPS) is 10.4. The Morgan fingerprint density at radius 3 is 2.48 bits per heavy atom. The lowest BCUT2D eigenvalue weighted by molar-refractivity contribution is 0.0674. The number of benzene rings is 1. The molecule has 0 aliphatic rings. The molecule has 2 rings (SSSR count). The minimum atomic E-state index is -1.24. The molecular weight excluding hydrogens is 317 g/mol. The number of aromatic carboxylic acids is 1. The second-order valence-corrected chi connectivity index (χ2v) is 5.24. The molecule has 8 heteroatoms. The summed E-state index contributed by atoms with van der Waals surface area (Å²) < 4.78 is 0. The van der Waals surface area contributed by atoms with Crippen LogP contribution in [0, 0.1) is 0 Å². The van der Waals surface area contributed by atoms with Gasteiger partial charge in [0.15, 0.2) is 11.4 Å². The number of amides is 1. The molecule has 0 saturated heterocycles. The highest BCUT2D eigenvalue weighted by atomic mass is 35.5. The summed E-state index contributed by atoms with van der Waals surface area (Å²) in [6, 6.07) is 4.95. The van der Waals surface area contributed by atoms with Gasteiger partial charge < -0.3 is 15.0 Å². The maximum Gasteiger partial charge on any atom is 0.354 e. The van der Waals surface area contributed by atoms with Crippen LogP contribution in [-0.2, 0) is 6.54 Å². The molecule has 0 aliphatic heterocycles. The van der Waals surface area contributed by atoms with Gasteiger partial charge in [-0.15, -0.1) is 0 Å². The van der Waals surface area contributed by atoms with Gasteiger partial charge in [0, 0.05) is 23.6 Å². The van der Waals surface area contributed by atoms with Crippen LogP contribution in [0.3, 0.4) is 0 Å². The lowest BCUT2D eigenvalue weighted by atomic mass is 10.2. The molecule has 0 spiro atoms. The van der Waals surface area contributed by atoms with E-state index in [9.17, 15) is 9.59 Å². The van der Waals surface area contributed by atoms with E-state index < -0.39 is 11.9 Å². The number of aromatic nitrogens is 2. The summed E-state index contributed by atoms with van der Waals surface area (Å²) in [6.07, 6.45) is 1.17. The Hall–Kier alpha value is -2.05. The summed E-state index contributed by atoms with van der Waals surface area (Å²) in [4.78, 5) is 30.7. The van der Waals surface area contributed by atoms with Crippen molar-refractivity contribution < 1.29 is 14.7 Å². The lowest BCUT2D eigenvalue weighted by Crippen LogP contribution is -2.28. The van der Waals surface area contributed by atoms with Crippen molar-refractivity contribution >= 4 is 35.1 Å². The zero-order valence-corrected chi connectivity index (χ0v) is 12.4. The zero-order chi connectivity index (χ0) is 15.6. The Balaban J connectivity index is 2.19. The van der Waals surface area contributed by atoms with Gasteiger partial charge in [-0.25, -0.2) is 9.78 Å². The van der Waals surface area contributed by atoms with Crippen molar-refractivity contribution in [1.29, 1.82) is 0 Å². The standard InChI is InChI=1S/C13H11Cl2N3O3/c1-18(5-7-2-8(14)4-9(15)3-7)12(19)10-11(13(20)21)17-6-16-10/h2-4,6H,5H2,1H3,(H,16,17)(H,20,21). The first kappa shape index (κ1) is 15.3. The van der Waals surface area contributed by atoms with E-state index in [-0.39, 0.29) is 17.9 Å². The van der Waals surface area contributed by atoms with Crippen molar-refractivity contribution in [3.63, 3.8) is 0 Å². The molecule has 2 N–H and O–H groups in total. The SMILES string of the molecule is CN(Cc1cc(Cl)cc(Cl)c1)C(=O)c1nc[nH]c1C(=O)O. The molecule has 21 heavy (non-hydrogen) atoms. The minimum absolute atomic E-state index is 0.141. The number of hydrogen-bond donors (Lipinski definition) is 2. The van der Waals surface area contributed by atoms with E-state index in [4.69, 9.17) is 28.3 Å². The van der Waals surface area contributed by atoms with Gasteiger partial charge in [0.1, 0.15) is 0 Å². The van der Waals surface area contributed by atoms with Crippen molar-refractivity contribution in [2.45, 2.75) is 6.54 Å². The highest BCUT2D eigenvalue weighted by Crippen LogP contribution is 2.20. The summed E-state index contributed by atoms with van der Waals surface area (Å²) in [6.45, 7) is 0.227. The van der Waals surface area contributed by atoms with Crippen LogP contribution in [0.5, 0.6) is 0 Å². The van der Waals surface area contributed by atoms with Crippen molar-refractivity contribution in [2.75, 3.05) is 7.05 Å². The summed E-state index contributed by atoms with van der Waals surface area (Å²) in [5.74, 6) is -1.75. The first-order chi connectivity index (χ1) is 9.88. The predicted molar refractivity (Wildman–Crippen MR) is 77.8 cm³/mol. The molecule has 1 amide bonds. The maximum atomic E-state index is 12.2. The van der Waals surface area contributed by atoms with E-state index >= 15 is 0 Å². The van der Waals surface area contributed by atoms with Gasteiger partial charge in [-0.05, 0) is 23.8 Å². The third kappa shape index (κ3) is 3.53. The van der Waals surface area contributed by atoms with Gasteiger partial charge >= 0.3 is 5.97 Å². The average molecular weight is 328 g/mol. The number of imidazole rings is 1. The maximum absolute atomic E-state index is 12.2. The Labute approximate surface area is 130 Å². The number of nitrogens with zero attached hydrogens (tertiary/aromatic N) is 2. The molecule has 0 saturated carbocycles. The molecule has 0 bridgehead atoms. The second kappa shape index (κ2) is 6.15. The molecule has 110 valence electrons. The van der Waals surface area contributed by atoms with Crippen LogP contribution in [0.15, 0.2) is 24.5 Å². The fourth-order valence-electron chi connectivity index (χ4n) is 1.85. The average Bonchev–Trinajstić information content (AvgIpc) is 2.85. The topological polar surface area (TPSA) is 86.3 Å². The Kier molecular flexibility index (Phi) is 4.50.